The summed E-state index contributed by atoms with van der Waals surface area (Å²) in [5.41, 5.74) is 1.27. The monoisotopic (exact) mass is 410 g/mol. The van der Waals surface area contributed by atoms with Crippen molar-refractivity contribution in [2.75, 3.05) is 5.32 Å². The van der Waals surface area contributed by atoms with Crippen LogP contribution in [0.25, 0.3) is 16.9 Å². The van der Waals surface area contributed by atoms with Crippen LogP contribution in [0.2, 0.25) is 0 Å². The van der Waals surface area contributed by atoms with Crippen molar-refractivity contribution in [1.29, 1.82) is 0 Å². The molecular formula is C19H16F2N8O. The number of carbonyl (C=O) groups is 1. The van der Waals surface area contributed by atoms with E-state index in [1.165, 1.54) is 15.4 Å². The minimum atomic E-state index is -0.996. The van der Waals surface area contributed by atoms with Crippen LogP contribution in [0.5, 0.6) is 0 Å². The number of hydrogen-bond acceptors (Lipinski definition) is 6. The summed E-state index contributed by atoms with van der Waals surface area (Å²) in [5.74, 6) is -0.172. The van der Waals surface area contributed by atoms with Gasteiger partial charge in [0.05, 0.1) is 23.5 Å². The molecule has 5 rings (SSSR count). The minimum absolute atomic E-state index is 0.247. The molecule has 1 aliphatic rings. The van der Waals surface area contributed by atoms with Crippen molar-refractivity contribution in [3.05, 3.63) is 54.4 Å². The number of carbonyl (C=O) groups excluding carboxylic acids is 1. The van der Waals surface area contributed by atoms with E-state index in [1.807, 2.05) is 0 Å². The molecule has 1 aliphatic carbocycles. The normalized spacial score (nSPS) is 17.8. The number of amides is 1. The fourth-order valence-corrected chi connectivity index (χ4v) is 3.08. The zero-order valence-electron chi connectivity index (χ0n) is 15.8. The molecule has 2 atom stereocenters. The SMILES string of the molecule is Cn1cc(-c2cccc(Nc3ccn4ncc(C(=O)N[C@@H]5C[C@@H]5F)c4n3)n2)c(F)n1. The number of nitrogens with one attached hydrogen (secondary N) is 2. The molecule has 30 heavy (non-hydrogen) atoms. The molecule has 4 heterocycles. The molecule has 9 nitrogen and oxygen atoms in total. The van der Waals surface area contributed by atoms with Crippen molar-refractivity contribution < 1.29 is 13.6 Å². The summed E-state index contributed by atoms with van der Waals surface area (Å²) < 4.78 is 29.9. The van der Waals surface area contributed by atoms with Crippen LogP contribution in [-0.4, -0.2) is 47.5 Å². The van der Waals surface area contributed by atoms with E-state index in [2.05, 4.69) is 30.8 Å². The molecule has 0 saturated heterocycles. The number of pyridine rings is 1. The van der Waals surface area contributed by atoms with Gasteiger partial charge in [-0.2, -0.15) is 9.49 Å². The molecule has 0 spiro atoms. The van der Waals surface area contributed by atoms with Gasteiger partial charge in [0.2, 0.25) is 5.95 Å². The molecule has 0 aromatic carbocycles. The van der Waals surface area contributed by atoms with Crippen LogP contribution in [0.4, 0.5) is 20.4 Å². The van der Waals surface area contributed by atoms with Crippen LogP contribution in [0, 0.1) is 5.95 Å². The average Bonchev–Trinajstić information content (AvgIpc) is 3.10. The number of nitrogens with zero attached hydrogens (tertiary/aromatic N) is 6. The molecule has 152 valence electrons. The lowest BCUT2D eigenvalue weighted by atomic mass is 10.2. The Hall–Kier alpha value is -3.89. The van der Waals surface area contributed by atoms with Gasteiger partial charge in [-0.1, -0.05) is 6.07 Å². The van der Waals surface area contributed by atoms with Gasteiger partial charge in [-0.25, -0.2) is 18.9 Å². The molecule has 0 unspecified atom stereocenters. The quantitative estimate of drug-likeness (QED) is 0.523. The van der Waals surface area contributed by atoms with E-state index in [0.29, 0.717) is 29.4 Å². The summed E-state index contributed by atoms with van der Waals surface area (Å²) in [5, 5.41) is 13.5. The third-order valence-corrected chi connectivity index (χ3v) is 4.71. The first-order valence-electron chi connectivity index (χ1n) is 9.21. The lowest BCUT2D eigenvalue weighted by Crippen LogP contribution is -2.27. The fourth-order valence-electron chi connectivity index (χ4n) is 3.08. The van der Waals surface area contributed by atoms with E-state index < -0.39 is 24.1 Å². The average molecular weight is 410 g/mol. The number of hydrogen-bond donors (Lipinski definition) is 2. The Morgan fingerprint density at radius 3 is 2.77 bits per heavy atom. The highest BCUT2D eigenvalue weighted by Crippen LogP contribution is 2.26. The first-order valence-corrected chi connectivity index (χ1v) is 9.21. The highest BCUT2D eigenvalue weighted by Gasteiger charge is 2.39. The Kier molecular flexibility index (Phi) is 4.16. The van der Waals surface area contributed by atoms with Gasteiger partial charge in [-0.3, -0.25) is 9.48 Å². The predicted octanol–water partition coefficient (Wildman–Crippen LogP) is 2.25. The molecule has 11 heteroatoms. The van der Waals surface area contributed by atoms with E-state index in [9.17, 15) is 13.6 Å². The third kappa shape index (κ3) is 3.34. The molecule has 4 aromatic heterocycles. The summed E-state index contributed by atoms with van der Waals surface area (Å²) in [7, 11) is 1.63. The van der Waals surface area contributed by atoms with Crippen LogP contribution in [0.3, 0.4) is 0 Å². The highest BCUT2D eigenvalue weighted by atomic mass is 19.1. The molecule has 1 fully saturated rings. The van der Waals surface area contributed by atoms with Crippen molar-refractivity contribution in [3.63, 3.8) is 0 Å². The Bertz CT molecular complexity index is 1270. The van der Waals surface area contributed by atoms with E-state index in [-0.39, 0.29) is 11.1 Å². The third-order valence-electron chi connectivity index (χ3n) is 4.71. The fraction of sp³-hybridized carbons (Fsp3) is 0.211. The van der Waals surface area contributed by atoms with E-state index in [1.54, 1.807) is 43.7 Å². The van der Waals surface area contributed by atoms with Crippen molar-refractivity contribution in [2.45, 2.75) is 18.6 Å². The van der Waals surface area contributed by atoms with Gasteiger partial charge in [-0.05, 0) is 18.2 Å². The molecule has 0 radical (unpaired) electrons. The molecule has 0 bridgehead atoms. The second-order valence-electron chi connectivity index (χ2n) is 7.01. The van der Waals surface area contributed by atoms with Crippen LogP contribution < -0.4 is 10.6 Å². The van der Waals surface area contributed by atoms with E-state index in [0.717, 1.165) is 0 Å². The van der Waals surface area contributed by atoms with Crippen molar-refractivity contribution in [3.8, 4) is 11.3 Å². The molecule has 2 N–H and O–H groups in total. The zero-order valence-corrected chi connectivity index (χ0v) is 15.8. The summed E-state index contributed by atoms with van der Waals surface area (Å²) in [6.45, 7) is 0. The largest absolute Gasteiger partial charge is 0.346 e. The number of alkyl halides is 1. The first-order chi connectivity index (χ1) is 14.5. The number of aromatic nitrogens is 6. The Balaban J connectivity index is 1.42. The summed E-state index contributed by atoms with van der Waals surface area (Å²) in [4.78, 5) is 21.2. The van der Waals surface area contributed by atoms with E-state index >= 15 is 0 Å². The van der Waals surface area contributed by atoms with Crippen LogP contribution in [-0.2, 0) is 7.05 Å². The van der Waals surface area contributed by atoms with Crippen LogP contribution >= 0.6 is 0 Å². The zero-order chi connectivity index (χ0) is 20.8. The van der Waals surface area contributed by atoms with Crippen LogP contribution in [0.1, 0.15) is 16.8 Å². The maximum absolute atomic E-state index is 14.0. The maximum Gasteiger partial charge on any atom is 0.257 e. The summed E-state index contributed by atoms with van der Waals surface area (Å²) in [6, 6.07) is 6.34. The lowest BCUT2D eigenvalue weighted by molar-refractivity contribution is 0.0949. The van der Waals surface area contributed by atoms with Crippen molar-refractivity contribution in [2.24, 2.45) is 7.05 Å². The van der Waals surface area contributed by atoms with Crippen molar-refractivity contribution >= 4 is 23.2 Å². The topological polar surface area (TPSA) is 102 Å². The lowest BCUT2D eigenvalue weighted by Gasteiger charge is -2.07. The van der Waals surface area contributed by atoms with Crippen molar-refractivity contribution in [1.82, 2.24) is 34.7 Å². The molecule has 0 aliphatic heterocycles. The second kappa shape index (κ2) is 6.87. The molecule has 4 aromatic rings. The Morgan fingerprint density at radius 1 is 1.23 bits per heavy atom. The standard InChI is InChI=1S/C19H16F2N8O/c1-28-9-11(17(21)27-28)13-3-2-4-15(23-13)25-16-5-6-29-18(26-16)10(8-22-29)19(30)24-14-7-12(14)20/h2-6,8-9,12,14H,7H2,1H3,(H,24,30)(H,23,25,26)/t12-,14+/m0/s1. The number of fused-ring (bicyclic) bond motifs is 1. The number of aryl methyl sites for hydroxylation is 1. The molecular weight excluding hydrogens is 394 g/mol. The van der Waals surface area contributed by atoms with E-state index in [4.69, 9.17) is 0 Å². The van der Waals surface area contributed by atoms with Gasteiger partial charge in [0.25, 0.3) is 5.91 Å². The summed E-state index contributed by atoms with van der Waals surface area (Å²) >= 11 is 0. The Morgan fingerprint density at radius 2 is 2.03 bits per heavy atom. The smallest absolute Gasteiger partial charge is 0.257 e. The second-order valence-corrected chi connectivity index (χ2v) is 7.01. The molecule has 1 amide bonds. The number of rotatable bonds is 5. The van der Waals surface area contributed by atoms with Gasteiger partial charge in [-0.15, -0.1) is 5.10 Å². The van der Waals surface area contributed by atoms with Crippen LogP contribution in [0.15, 0.2) is 42.9 Å². The predicted molar refractivity (Wildman–Crippen MR) is 103 cm³/mol. The van der Waals surface area contributed by atoms with Gasteiger partial charge >= 0.3 is 0 Å². The van der Waals surface area contributed by atoms with Gasteiger partial charge in [0, 0.05) is 25.9 Å². The number of halogens is 2. The first kappa shape index (κ1) is 18.2. The van der Waals surface area contributed by atoms with Gasteiger partial charge in [0.15, 0.2) is 5.65 Å². The van der Waals surface area contributed by atoms with Gasteiger partial charge in [0.1, 0.15) is 23.4 Å². The highest BCUT2D eigenvalue weighted by molar-refractivity contribution is 6.00. The molecule has 1 saturated carbocycles. The minimum Gasteiger partial charge on any atom is -0.346 e. The summed E-state index contributed by atoms with van der Waals surface area (Å²) in [6.07, 6.45) is 3.90. The number of anilines is 2. The Labute approximate surface area is 168 Å². The maximum atomic E-state index is 14.0. The van der Waals surface area contributed by atoms with Gasteiger partial charge < -0.3 is 10.6 Å².